The predicted molar refractivity (Wildman–Crippen MR) is 111 cm³/mol. The Balaban J connectivity index is 1.88. The lowest BCUT2D eigenvalue weighted by atomic mass is 10.2. The number of aromatic nitrogens is 4. The molecule has 8 nitrogen and oxygen atoms in total. The Kier molecular flexibility index (Phi) is 5.59. The fraction of sp³-hybridized carbons (Fsp3) is 0.222. The van der Waals surface area contributed by atoms with Crippen LogP contribution in [0.3, 0.4) is 0 Å². The van der Waals surface area contributed by atoms with Gasteiger partial charge in [-0.3, -0.25) is 19.0 Å². The first-order chi connectivity index (χ1) is 12.9. The Hall–Kier alpha value is -2.69. The van der Waals surface area contributed by atoms with Gasteiger partial charge < -0.3 is 10.6 Å². The molecular weight excluding hydrogens is 459 g/mol. The first kappa shape index (κ1) is 19.1. The minimum atomic E-state index is -0.358. The van der Waals surface area contributed by atoms with Crippen LogP contribution < -0.4 is 10.6 Å². The molecule has 9 heteroatoms. The summed E-state index contributed by atoms with van der Waals surface area (Å²) in [5.41, 5.74) is 2.63. The van der Waals surface area contributed by atoms with E-state index in [0.29, 0.717) is 29.2 Å². The van der Waals surface area contributed by atoms with Crippen LogP contribution in [0.4, 0.5) is 11.4 Å². The van der Waals surface area contributed by atoms with Gasteiger partial charge in [-0.05, 0) is 48.6 Å². The molecule has 0 aliphatic heterocycles. The number of benzene rings is 1. The number of amides is 2. The third kappa shape index (κ3) is 3.87. The van der Waals surface area contributed by atoms with Crippen molar-refractivity contribution in [1.29, 1.82) is 0 Å². The third-order valence-electron chi connectivity index (χ3n) is 4.20. The van der Waals surface area contributed by atoms with E-state index in [1.54, 1.807) is 34.7 Å². The van der Waals surface area contributed by atoms with Crippen LogP contribution in [-0.4, -0.2) is 31.4 Å². The van der Waals surface area contributed by atoms with E-state index < -0.39 is 0 Å². The van der Waals surface area contributed by atoms with Gasteiger partial charge in [0.25, 0.3) is 11.8 Å². The van der Waals surface area contributed by atoms with Crippen molar-refractivity contribution in [3.63, 3.8) is 0 Å². The van der Waals surface area contributed by atoms with Gasteiger partial charge in [-0.2, -0.15) is 10.2 Å². The van der Waals surface area contributed by atoms with Crippen molar-refractivity contribution in [2.75, 3.05) is 10.6 Å². The summed E-state index contributed by atoms with van der Waals surface area (Å²) in [6.45, 7) is 4.23. The number of nitrogens with zero attached hydrogens (tertiary/aromatic N) is 4. The summed E-state index contributed by atoms with van der Waals surface area (Å²) < 4.78 is 4.05. The molecule has 0 fully saturated rings. The highest BCUT2D eigenvalue weighted by Crippen LogP contribution is 2.21. The summed E-state index contributed by atoms with van der Waals surface area (Å²) in [7, 11) is 1.80. The maximum atomic E-state index is 12.9. The number of carbonyl (C=O) groups excluding carboxylic acids is 2. The zero-order chi connectivity index (χ0) is 19.6. The normalized spacial score (nSPS) is 10.7. The van der Waals surface area contributed by atoms with Gasteiger partial charge in [0.1, 0.15) is 5.69 Å². The Morgan fingerprint density at radius 1 is 1.07 bits per heavy atom. The lowest BCUT2D eigenvalue weighted by Crippen LogP contribution is -2.21. The van der Waals surface area contributed by atoms with E-state index in [1.165, 1.54) is 6.20 Å². The smallest absolute Gasteiger partial charge is 0.276 e. The van der Waals surface area contributed by atoms with E-state index in [9.17, 15) is 9.59 Å². The molecule has 0 bridgehead atoms. The van der Waals surface area contributed by atoms with Crippen molar-refractivity contribution < 1.29 is 9.59 Å². The zero-order valence-electron chi connectivity index (χ0n) is 15.2. The molecule has 140 valence electrons. The highest BCUT2D eigenvalue weighted by molar-refractivity contribution is 14.1. The van der Waals surface area contributed by atoms with Gasteiger partial charge in [-0.15, -0.1) is 0 Å². The lowest BCUT2D eigenvalue weighted by Gasteiger charge is -2.10. The van der Waals surface area contributed by atoms with Gasteiger partial charge in [0.15, 0.2) is 0 Å². The summed E-state index contributed by atoms with van der Waals surface area (Å²) in [6, 6.07) is 7.25. The zero-order valence-corrected chi connectivity index (χ0v) is 17.3. The number of aryl methyl sites for hydroxylation is 2. The number of hydrogen-bond acceptors (Lipinski definition) is 4. The summed E-state index contributed by atoms with van der Waals surface area (Å²) in [6.07, 6.45) is 3.08. The first-order valence-electron chi connectivity index (χ1n) is 8.34. The van der Waals surface area contributed by atoms with Gasteiger partial charge in [0.2, 0.25) is 0 Å². The number of anilines is 2. The van der Waals surface area contributed by atoms with Crippen LogP contribution in [0.25, 0.3) is 0 Å². The predicted octanol–water partition coefficient (Wildman–Crippen LogP) is 3.05. The van der Waals surface area contributed by atoms with Gasteiger partial charge in [-0.1, -0.05) is 12.1 Å². The molecule has 2 heterocycles. The molecule has 2 N–H and O–H groups in total. The molecule has 1 aromatic carbocycles. The molecule has 27 heavy (non-hydrogen) atoms. The van der Waals surface area contributed by atoms with Crippen molar-refractivity contribution in [2.24, 2.45) is 7.05 Å². The van der Waals surface area contributed by atoms with E-state index in [1.807, 2.05) is 26.0 Å². The quantitative estimate of drug-likeness (QED) is 0.552. The topological polar surface area (TPSA) is 93.8 Å². The van der Waals surface area contributed by atoms with Crippen molar-refractivity contribution in [3.05, 3.63) is 57.2 Å². The second kappa shape index (κ2) is 7.91. The summed E-state index contributed by atoms with van der Waals surface area (Å²) in [5.74, 6) is -0.647. The van der Waals surface area contributed by atoms with Gasteiger partial charge >= 0.3 is 0 Å². The Morgan fingerprint density at radius 3 is 2.37 bits per heavy atom. The average Bonchev–Trinajstić information content (AvgIpc) is 3.20. The van der Waals surface area contributed by atoms with Gasteiger partial charge in [-0.25, -0.2) is 0 Å². The van der Waals surface area contributed by atoms with Crippen molar-refractivity contribution in [2.45, 2.75) is 20.4 Å². The van der Waals surface area contributed by atoms with Crippen LogP contribution in [0.5, 0.6) is 0 Å². The molecule has 2 amide bonds. The highest BCUT2D eigenvalue weighted by atomic mass is 127. The second-order valence-electron chi connectivity index (χ2n) is 5.88. The van der Waals surface area contributed by atoms with Gasteiger partial charge in [0, 0.05) is 17.2 Å². The molecule has 0 unspecified atom stereocenters. The summed E-state index contributed by atoms with van der Waals surface area (Å²) in [4.78, 5) is 25.5. The first-order valence-corrected chi connectivity index (χ1v) is 9.41. The highest BCUT2D eigenvalue weighted by Gasteiger charge is 2.22. The summed E-state index contributed by atoms with van der Waals surface area (Å²) >= 11 is 2.10. The Labute approximate surface area is 170 Å². The summed E-state index contributed by atoms with van der Waals surface area (Å²) in [5, 5.41) is 14.0. The minimum Gasteiger partial charge on any atom is -0.319 e. The molecule has 0 aliphatic carbocycles. The van der Waals surface area contributed by atoms with Crippen LogP contribution in [0.2, 0.25) is 0 Å². The van der Waals surface area contributed by atoms with Crippen LogP contribution in [0.1, 0.15) is 33.5 Å². The average molecular weight is 478 g/mol. The van der Waals surface area contributed by atoms with Crippen LogP contribution >= 0.6 is 22.6 Å². The largest absolute Gasteiger partial charge is 0.319 e. The monoisotopic (exact) mass is 478 g/mol. The molecule has 3 rings (SSSR count). The maximum absolute atomic E-state index is 12.9. The SMILES string of the molecule is CCn1ncc(NC(=O)c2ccccc2I)c1C(=O)Nc1cnn(C)c1C. The van der Waals surface area contributed by atoms with Crippen LogP contribution in [-0.2, 0) is 13.6 Å². The number of hydrogen-bond donors (Lipinski definition) is 2. The molecule has 3 aromatic rings. The second-order valence-corrected chi connectivity index (χ2v) is 7.04. The number of carbonyl (C=O) groups is 2. The fourth-order valence-corrected chi connectivity index (χ4v) is 3.23. The van der Waals surface area contributed by atoms with Crippen molar-refractivity contribution in [1.82, 2.24) is 19.6 Å². The number of rotatable bonds is 5. The van der Waals surface area contributed by atoms with E-state index in [2.05, 4.69) is 43.4 Å². The number of halogens is 1. The van der Waals surface area contributed by atoms with E-state index in [-0.39, 0.29) is 11.8 Å². The fourth-order valence-electron chi connectivity index (χ4n) is 2.59. The van der Waals surface area contributed by atoms with Gasteiger partial charge in [0.05, 0.1) is 35.0 Å². The Morgan fingerprint density at radius 2 is 1.74 bits per heavy atom. The molecule has 0 aliphatic rings. The minimum absolute atomic E-state index is 0.290. The standard InChI is InChI=1S/C18H19IN6O2/c1-4-25-16(18(27)22-14-9-20-24(3)11(14)2)15(10-21-25)23-17(26)12-7-5-6-8-13(12)19/h5-10H,4H2,1-3H3,(H,22,27)(H,23,26). The lowest BCUT2D eigenvalue weighted by molar-refractivity contribution is 0.101. The van der Waals surface area contributed by atoms with E-state index >= 15 is 0 Å². The maximum Gasteiger partial charge on any atom is 0.276 e. The molecule has 0 atom stereocenters. The van der Waals surface area contributed by atoms with Crippen LogP contribution in [0.15, 0.2) is 36.7 Å². The van der Waals surface area contributed by atoms with Crippen LogP contribution in [0, 0.1) is 10.5 Å². The van der Waals surface area contributed by atoms with Crippen molar-refractivity contribution >= 4 is 45.8 Å². The molecule has 0 spiro atoms. The van der Waals surface area contributed by atoms with Crippen molar-refractivity contribution in [3.8, 4) is 0 Å². The molecular formula is C18H19IN6O2. The van der Waals surface area contributed by atoms with E-state index in [4.69, 9.17) is 0 Å². The Bertz CT molecular complexity index is 1010. The molecule has 0 radical (unpaired) electrons. The molecule has 2 aromatic heterocycles. The number of nitrogens with one attached hydrogen (secondary N) is 2. The third-order valence-corrected chi connectivity index (χ3v) is 5.14. The molecule has 0 saturated carbocycles. The molecule has 0 saturated heterocycles. The van der Waals surface area contributed by atoms with E-state index in [0.717, 1.165) is 9.26 Å².